The lowest BCUT2D eigenvalue weighted by molar-refractivity contribution is -0.138. The summed E-state index contributed by atoms with van der Waals surface area (Å²) in [5, 5.41) is 8.28. The van der Waals surface area contributed by atoms with Crippen LogP contribution in [0.15, 0.2) is 0 Å². The highest BCUT2D eigenvalue weighted by Crippen LogP contribution is 1.96. The molecule has 0 aliphatic rings. The topological polar surface area (TPSA) is 63.3 Å². The predicted molar refractivity (Wildman–Crippen MR) is 46.9 cm³/mol. The van der Waals surface area contributed by atoms with Gasteiger partial charge in [-0.25, -0.2) is 0 Å². The minimum atomic E-state index is -0.900. The van der Waals surface area contributed by atoms with E-state index in [4.69, 9.17) is 10.8 Å². The Kier molecular flexibility index (Phi) is 11.8. The van der Waals surface area contributed by atoms with E-state index in [1.807, 2.05) is 6.92 Å². The van der Waals surface area contributed by atoms with Gasteiger partial charge < -0.3 is 10.8 Å². The van der Waals surface area contributed by atoms with Crippen LogP contribution in [0.5, 0.6) is 0 Å². The number of halogens is 1. The molecule has 68 valence electrons. The fraction of sp³-hybridized carbons (Fsp3) is 0.857. The fourth-order valence-corrected chi connectivity index (χ4v) is 0.548. The average Bonchev–Trinajstić information content (AvgIpc) is 2.03. The Bertz CT molecular complexity index is 98.4. The first-order valence-electron chi connectivity index (χ1n) is 3.54. The van der Waals surface area contributed by atoms with Crippen LogP contribution in [0.2, 0.25) is 0 Å². The highest BCUT2D eigenvalue weighted by Gasteiger charge is 2.08. The number of aliphatic carboxylic acids is 1. The molecule has 3 N–H and O–H groups in total. The molecule has 0 radical (unpaired) electrons. The summed E-state index contributed by atoms with van der Waals surface area (Å²) in [6.07, 6.45) is 3.96. The van der Waals surface area contributed by atoms with Crippen molar-refractivity contribution in [1.82, 2.24) is 0 Å². The van der Waals surface area contributed by atoms with Gasteiger partial charge in [0.15, 0.2) is 0 Å². The van der Waals surface area contributed by atoms with Gasteiger partial charge in [-0.1, -0.05) is 19.8 Å². The van der Waals surface area contributed by atoms with E-state index >= 15 is 0 Å². The van der Waals surface area contributed by atoms with Gasteiger partial charge >= 0.3 is 5.97 Å². The second kappa shape index (κ2) is 9.72. The second-order valence-corrected chi connectivity index (χ2v) is 2.09. The van der Waals surface area contributed by atoms with Crippen molar-refractivity contribution in [3.63, 3.8) is 0 Å². The summed E-state index contributed by atoms with van der Waals surface area (Å²) in [6.45, 7) is 2.01. The van der Waals surface area contributed by atoms with Gasteiger partial charge in [-0.3, -0.25) is 4.79 Å². The highest BCUT2D eigenvalue weighted by molar-refractivity contribution is 6.15. The maximum atomic E-state index is 10.1. The van der Waals surface area contributed by atoms with Crippen LogP contribution in [0.3, 0.4) is 0 Å². The van der Waals surface area contributed by atoms with E-state index in [-0.39, 0.29) is 0 Å². The summed E-state index contributed by atoms with van der Waals surface area (Å²) >= 11 is 4.64. The van der Waals surface area contributed by atoms with Crippen molar-refractivity contribution in [2.24, 2.45) is 5.73 Å². The number of carbonyl (C=O) groups is 1. The molecule has 0 saturated heterocycles. The zero-order valence-corrected chi connectivity index (χ0v) is 7.77. The zero-order valence-electron chi connectivity index (χ0n) is 7.01. The lowest BCUT2D eigenvalue weighted by Gasteiger charge is -2.02. The van der Waals surface area contributed by atoms with Crippen molar-refractivity contribution in [3.05, 3.63) is 0 Å². The minimum Gasteiger partial charge on any atom is -0.480 e. The van der Waals surface area contributed by atoms with Gasteiger partial charge in [-0.2, -0.15) is 0 Å². The summed E-state index contributed by atoms with van der Waals surface area (Å²) < 4.78 is 0. The van der Waals surface area contributed by atoms with Crippen LogP contribution in [0, 0.1) is 0 Å². The molecule has 0 aromatic rings. The van der Waals surface area contributed by atoms with Crippen LogP contribution < -0.4 is 5.73 Å². The average molecular weight is 182 g/mol. The molecule has 11 heavy (non-hydrogen) atoms. The van der Waals surface area contributed by atoms with Crippen LogP contribution in [-0.4, -0.2) is 23.5 Å². The summed E-state index contributed by atoms with van der Waals surface area (Å²) in [7, 11) is 0. The van der Waals surface area contributed by atoms with Crippen LogP contribution in [-0.2, 0) is 4.79 Å². The van der Waals surface area contributed by atoms with Crippen molar-refractivity contribution < 1.29 is 9.90 Å². The van der Waals surface area contributed by atoms with Crippen LogP contribution in [0.4, 0.5) is 0 Å². The summed E-state index contributed by atoms with van der Waals surface area (Å²) in [5.41, 5.74) is 5.20. The Labute approximate surface area is 72.5 Å². The molecule has 0 saturated carbocycles. The van der Waals surface area contributed by atoms with Crippen molar-refractivity contribution in [2.75, 3.05) is 6.38 Å². The molecule has 0 rings (SSSR count). The number of hydrogen-bond donors (Lipinski definition) is 2. The van der Waals surface area contributed by atoms with Gasteiger partial charge in [0.05, 0.1) is 0 Å². The van der Waals surface area contributed by atoms with Gasteiger partial charge in [0.1, 0.15) is 6.04 Å². The first-order valence-corrected chi connectivity index (χ1v) is 4.30. The Balaban J connectivity index is 0. The largest absolute Gasteiger partial charge is 0.480 e. The molecule has 0 aliphatic heterocycles. The van der Waals surface area contributed by atoms with Crippen LogP contribution in [0.1, 0.15) is 26.2 Å². The molecule has 0 aliphatic carbocycles. The Morgan fingerprint density at radius 1 is 1.64 bits per heavy atom. The molecule has 0 aromatic carbocycles. The monoisotopic (exact) mass is 181 g/mol. The molecule has 0 aromatic heterocycles. The molecule has 0 heterocycles. The van der Waals surface area contributed by atoms with Crippen molar-refractivity contribution in [1.29, 1.82) is 0 Å². The lowest BCUT2D eigenvalue weighted by atomic mass is 10.1. The van der Waals surface area contributed by atoms with Crippen molar-refractivity contribution in [3.8, 4) is 0 Å². The van der Waals surface area contributed by atoms with E-state index in [1.54, 1.807) is 0 Å². The van der Waals surface area contributed by atoms with E-state index in [0.29, 0.717) is 6.42 Å². The molecule has 0 spiro atoms. The van der Waals surface area contributed by atoms with Gasteiger partial charge in [-0.05, 0) is 6.42 Å². The van der Waals surface area contributed by atoms with E-state index in [1.165, 1.54) is 6.38 Å². The molecule has 0 unspecified atom stereocenters. The predicted octanol–water partition coefficient (Wildman–Crippen LogP) is 1.44. The molecular formula is C7H16ClNO2. The SMILES string of the molecule is CCCC[C@H](N)C(=O)O.CCl. The first kappa shape index (κ1) is 13.3. The summed E-state index contributed by atoms with van der Waals surface area (Å²) in [5.74, 6) is -0.900. The molecular weight excluding hydrogens is 166 g/mol. The highest BCUT2D eigenvalue weighted by atomic mass is 35.5. The maximum Gasteiger partial charge on any atom is 0.320 e. The minimum absolute atomic E-state index is 0.589. The van der Waals surface area contributed by atoms with Gasteiger partial charge in [0.25, 0.3) is 0 Å². The first-order chi connectivity index (χ1) is 5.18. The van der Waals surface area contributed by atoms with E-state index in [9.17, 15) is 4.79 Å². The summed E-state index contributed by atoms with van der Waals surface area (Å²) in [4.78, 5) is 10.1. The zero-order chi connectivity index (χ0) is 9.28. The molecule has 0 fully saturated rings. The number of rotatable bonds is 4. The number of carboxylic acid groups (broad SMARTS) is 1. The summed E-state index contributed by atoms with van der Waals surface area (Å²) in [6, 6.07) is -0.662. The standard InChI is InChI=1S/C6H13NO2.CH3Cl/c1-2-3-4-5(7)6(8)9;1-2/h5H,2-4,7H2,1H3,(H,8,9);1H3/t5-;/m0./s1. The lowest BCUT2D eigenvalue weighted by Crippen LogP contribution is -2.29. The van der Waals surface area contributed by atoms with E-state index < -0.39 is 12.0 Å². The number of alkyl halides is 1. The third kappa shape index (κ3) is 9.72. The molecule has 1 atom stereocenters. The molecule has 4 heteroatoms. The number of carboxylic acids is 1. The van der Waals surface area contributed by atoms with E-state index in [2.05, 4.69) is 11.6 Å². The number of unbranched alkanes of at least 4 members (excludes halogenated alkanes) is 1. The van der Waals surface area contributed by atoms with Crippen molar-refractivity contribution >= 4 is 17.6 Å². The van der Waals surface area contributed by atoms with Crippen LogP contribution in [0.25, 0.3) is 0 Å². The quantitative estimate of drug-likeness (QED) is 0.646. The Morgan fingerprint density at radius 2 is 2.09 bits per heavy atom. The van der Waals surface area contributed by atoms with E-state index in [0.717, 1.165) is 12.8 Å². The van der Waals surface area contributed by atoms with Crippen LogP contribution >= 0.6 is 11.6 Å². The van der Waals surface area contributed by atoms with Gasteiger partial charge in [0, 0.05) is 6.38 Å². The molecule has 0 amide bonds. The van der Waals surface area contributed by atoms with Gasteiger partial charge in [-0.15, -0.1) is 11.6 Å². The number of hydrogen-bond acceptors (Lipinski definition) is 2. The fourth-order valence-electron chi connectivity index (χ4n) is 0.548. The maximum absolute atomic E-state index is 10.1. The normalized spacial score (nSPS) is 11.3. The van der Waals surface area contributed by atoms with Gasteiger partial charge in [0.2, 0.25) is 0 Å². The third-order valence-corrected chi connectivity index (χ3v) is 1.19. The Hall–Kier alpha value is -0.280. The second-order valence-electron chi connectivity index (χ2n) is 2.09. The number of nitrogens with two attached hydrogens (primary N) is 1. The third-order valence-electron chi connectivity index (χ3n) is 1.19. The smallest absolute Gasteiger partial charge is 0.320 e. The van der Waals surface area contributed by atoms with Crippen molar-refractivity contribution in [2.45, 2.75) is 32.2 Å². The molecule has 3 nitrogen and oxygen atoms in total. The Morgan fingerprint density at radius 3 is 2.36 bits per heavy atom. The molecule has 0 bridgehead atoms.